The average molecular weight is 467 g/mol. The molecule has 1 heterocycles. The van der Waals surface area contributed by atoms with E-state index in [9.17, 15) is 18.0 Å². The Kier molecular flexibility index (Phi) is 6.24. The summed E-state index contributed by atoms with van der Waals surface area (Å²) in [4.78, 5) is 26.9. The average Bonchev–Trinajstić information content (AvgIpc) is 3.03. The first-order valence-electron chi connectivity index (χ1n) is 10.7. The maximum Gasteiger partial charge on any atom is 0.258 e. The number of nitrogens with zero attached hydrogens (tertiary/aromatic N) is 1. The topological polar surface area (TPSA) is 122 Å². The molecule has 9 heteroatoms. The van der Waals surface area contributed by atoms with Crippen molar-refractivity contribution in [3.8, 4) is 0 Å². The number of anilines is 4. The molecule has 172 valence electrons. The van der Waals surface area contributed by atoms with Gasteiger partial charge in [0.15, 0.2) is 0 Å². The zero-order valence-electron chi connectivity index (χ0n) is 18.3. The third-order valence-electron chi connectivity index (χ3n) is 5.60. The molecule has 4 N–H and O–H groups in total. The third kappa shape index (κ3) is 4.93. The molecule has 0 fully saturated rings. The van der Waals surface area contributed by atoms with Gasteiger partial charge in [0.25, 0.3) is 5.91 Å². The van der Waals surface area contributed by atoms with E-state index in [4.69, 9.17) is 5.73 Å². The van der Waals surface area contributed by atoms with Crippen molar-refractivity contribution in [3.63, 3.8) is 0 Å². The first kappa shape index (κ1) is 22.6. The number of amides is 2. The van der Waals surface area contributed by atoms with Gasteiger partial charge in [-0.3, -0.25) is 14.3 Å². The lowest BCUT2D eigenvalue weighted by Crippen LogP contribution is -2.27. The van der Waals surface area contributed by atoms with Gasteiger partial charge in [0, 0.05) is 29.3 Å². The number of nitrogen functional groups attached to an aromatic ring is 1. The summed E-state index contributed by atoms with van der Waals surface area (Å²) in [6.45, 7) is 0.523. The van der Waals surface area contributed by atoms with Crippen LogP contribution in [0.15, 0.2) is 54.6 Å². The molecule has 8 nitrogen and oxygen atoms in total. The van der Waals surface area contributed by atoms with Gasteiger partial charge in [-0.2, -0.15) is 0 Å². The second-order valence-corrected chi connectivity index (χ2v) is 9.89. The van der Waals surface area contributed by atoms with Crippen LogP contribution in [0, 0.1) is 0 Å². The lowest BCUT2D eigenvalue weighted by molar-refractivity contribution is -0.116. The summed E-state index contributed by atoms with van der Waals surface area (Å²) in [7, 11) is -3.44. The predicted molar refractivity (Wildman–Crippen MR) is 132 cm³/mol. The normalized spacial score (nSPS) is 12.9. The number of sulfonamides is 1. The molecule has 3 aromatic carbocycles. The summed E-state index contributed by atoms with van der Waals surface area (Å²) < 4.78 is 25.9. The molecule has 0 spiro atoms. The van der Waals surface area contributed by atoms with Gasteiger partial charge in [-0.05, 0) is 43.2 Å². The molecular weight excluding hydrogens is 440 g/mol. The smallest absolute Gasteiger partial charge is 0.258 e. The molecule has 0 atom stereocenters. The number of hydrogen-bond donors (Lipinski definition) is 3. The molecule has 2 amide bonds. The van der Waals surface area contributed by atoms with Gasteiger partial charge in [-0.15, -0.1) is 0 Å². The molecule has 0 aliphatic carbocycles. The first-order chi connectivity index (χ1) is 15.7. The Morgan fingerprint density at radius 3 is 2.52 bits per heavy atom. The molecule has 0 saturated heterocycles. The zero-order chi connectivity index (χ0) is 23.6. The van der Waals surface area contributed by atoms with Crippen LogP contribution in [-0.4, -0.2) is 33.0 Å². The summed E-state index contributed by atoms with van der Waals surface area (Å²) in [6, 6.07) is 15.9. The van der Waals surface area contributed by atoms with Crippen LogP contribution < -0.4 is 20.7 Å². The van der Waals surface area contributed by atoms with Crippen LogP contribution >= 0.6 is 0 Å². The van der Waals surface area contributed by atoms with Crippen LogP contribution in [0.2, 0.25) is 0 Å². The van der Waals surface area contributed by atoms with E-state index >= 15 is 0 Å². The number of unbranched alkanes of at least 4 members (excludes halogenated alkanes) is 2. The third-order valence-corrected chi connectivity index (χ3v) is 6.19. The Labute approximate surface area is 192 Å². The van der Waals surface area contributed by atoms with Crippen molar-refractivity contribution in [1.29, 1.82) is 0 Å². The van der Waals surface area contributed by atoms with E-state index in [0.29, 0.717) is 47.4 Å². The number of para-hydroxylation sites is 2. The maximum absolute atomic E-state index is 13.0. The van der Waals surface area contributed by atoms with Crippen molar-refractivity contribution in [2.75, 3.05) is 33.5 Å². The molecular formula is C24H26N4O4S. The molecule has 0 saturated carbocycles. The number of carbonyl (C=O) groups excluding carboxylic acids is 2. The first-order valence-corrected chi connectivity index (χ1v) is 12.6. The molecule has 0 bridgehead atoms. The predicted octanol–water partition coefficient (Wildman–Crippen LogP) is 3.95. The summed E-state index contributed by atoms with van der Waals surface area (Å²) in [6.07, 6.45) is 3.70. The van der Waals surface area contributed by atoms with E-state index in [1.54, 1.807) is 41.3 Å². The number of rotatable bonds is 9. The van der Waals surface area contributed by atoms with E-state index in [1.807, 2.05) is 18.2 Å². The van der Waals surface area contributed by atoms with E-state index in [1.165, 1.54) is 0 Å². The zero-order valence-corrected chi connectivity index (χ0v) is 19.1. The summed E-state index contributed by atoms with van der Waals surface area (Å²) in [5.74, 6) is -0.183. The van der Waals surface area contributed by atoms with Crippen LogP contribution in [0.5, 0.6) is 0 Å². The Morgan fingerprint density at radius 2 is 1.76 bits per heavy atom. The lowest BCUT2D eigenvalue weighted by atomic mass is 10.0. The number of benzene rings is 3. The maximum atomic E-state index is 13.0. The summed E-state index contributed by atoms with van der Waals surface area (Å²) in [5.41, 5.74) is 8.80. The largest absolute Gasteiger partial charge is 0.397 e. The fraction of sp³-hybridized carbons (Fsp3) is 0.250. The van der Waals surface area contributed by atoms with Gasteiger partial charge < -0.3 is 16.0 Å². The van der Waals surface area contributed by atoms with Crippen LogP contribution in [0.25, 0.3) is 10.8 Å². The molecule has 4 rings (SSSR count). The quantitative estimate of drug-likeness (QED) is 0.326. The SMILES string of the molecule is CS(=O)(=O)Nc1ccc2c3c(cccc13)C(=O)N2CCCCCC(=O)Nc1ccccc1N. The van der Waals surface area contributed by atoms with E-state index < -0.39 is 10.0 Å². The number of nitrogens with two attached hydrogens (primary N) is 1. The minimum Gasteiger partial charge on any atom is -0.397 e. The van der Waals surface area contributed by atoms with Gasteiger partial charge in [-0.25, -0.2) is 8.42 Å². The number of carbonyl (C=O) groups is 2. The van der Waals surface area contributed by atoms with Gasteiger partial charge in [0.2, 0.25) is 15.9 Å². The molecule has 0 unspecified atom stereocenters. The number of hydrogen-bond acceptors (Lipinski definition) is 5. The Balaban J connectivity index is 1.36. The van der Waals surface area contributed by atoms with Crippen LogP contribution in [0.3, 0.4) is 0 Å². The second-order valence-electron chi connectivity index (χ2n) is 8.14. The summed E-state index contributed by atoms with van der Waals surface area (Å²) >= 11 is 0. The molecule has 3 aromatic rings. The second kappa shape index (κ2) is 9.11. The van der Waals surface area contributed by atoms with Crippen molar-refractivity contribution in [2.24, 2.45) is 0 Å². The van der Waals surface area contributed by atoms with E-state index in [0.717, 1.165) is 30.2 Å². The lowest BCUT2D eigenvalue weighted by Gasteiger charge is -2.18. The number of nitrogens with one attached hydrogen (secondary N) is 2. The fourth-order valence-corrected chi connectivity index (χ4v) is 4.69. The van der Waals surface area contributed by atoms with Gasteiger partial charge >= 0.3 is 0 Å². The molecule has 0 radical (unpaired) electrons. The highest BCUT2D eigenvalue weighted by molar-refractivity contribution is 7.92. The van der Waals surface area contributed by atoms with Crippen molar-refractivity contribution in [2.45, 2.75) is 25.7 Å². The fourth-order valence-electron chi connectivity index (χ4n) is 4.11. The Bertz CT molecular complexity index is 1340. The van der Waals surface area contributed by atoms with E-state index in [-0.39, 0.29) is 11.8 Å². The molecule has 1 aliphatic heterocycles. The summed E-state index contributed by atoms with van der Waals surface area (Å²) in [5, 5.41) is 4.28. The highest BCUT2D eigenvalue weighted by Crippen LogP contribution is 2.40. The van der Waals surface area contributed by atoms with Crippen LogP contribution in [0.4, 0.5) is 22.7 Å². The minimum atomic E-state index is -3.44. The van der Waals surface area contributed by atoms with Gasteiger partial charge in [0.1, 0.15) is 0 Å². The van der Waals surface area contributed by atoms with Crippen LogP contribution in [0.1, 0.15) is 36.0 Å². The van der Waals surface area contributed by atoms with Crippen molar-refractivity contribution < 1.29 is 18.0 Å². The van der Waals surface area contributed by atoms with Crippen molar-refractivity contribution in [1.82, 2.24) is 0 Å². The Morgan fingerprint density at radius 1 is 0.970 bits per heavy atom. The highest BCUT2D eigenvalue weighted by atomic mass is 32.2. The molecule has 1 aliphatic rings. The molecule has 0 aromatic heterocycles. The van der Waals surface area contributed by atoms with E-state index in [2.05, 4.69) is 10.0 Å². The van der Waals surface area contributed by atoms with Gasteiger partial charge in [-0.1, -0.05) is 30.7 Å². The monoisotopic (exact) mass is 466 g/mol. The Hall–Kier alpha value is -3.59. The molecule has 33 heavy (non-hydrogen) atoms. The standard InChI is InChI=1S/C24H26N4O4S/c1-33(31,32)27-19-13-14-21-23-16(19)8-7-9-17(23)24(30)28(21)15-6-2-3-12-22(29)26-20-11-5-4-10-18(20)25/h4-5,7-11,13-14,27H,2-3,6,12,15,25H2,1H3,(H,26,29). The van der Waals surface area contributed by atoms with Crippen LogP contribution in [-0.2, 0) is 14.8 Å². The van der Waals surface area contributed by atoms with Crippen molar-refractivity contribution >= 4 is 55.4 Å². The van der Waals surface area contributed by atoms with Crippen molar-refractivity contribution in [3.05, 3.63) is 60.2 Å². The minimum absolute atomic E-state index is 0.0896. The highest BCUT2D eigenvalue weighted by Gasteiger charge is 2.30. The van der Waals surface area contributed by atoms with Gasteiger partial charge in [0.05, 0.1) is 29.0 Å².